The lowest BCUT2D eigenvalue weighted by Gasteiger charge is -2.29. The zero-order valence-corrected chi connectivity index (χ0v) is 18.8. The lowest BCUT2D eigenvalue weighted by Crippen LogP contribution is -2.31. The van der Waals surface area contributed by atoms with Crippen molar-refractivity contribution in [3.63, 3.8) is 0 Å². The van der Waals surface area contributed by atoms with Crippen molar-refractivity contribution in [3.8, 4) is 11.5 Å². The Hall–Kier alpha value is -4.14. The first-order chi connectivity index (χ1) is 16.7. The number of hydrogen-bond acceptors (Lipinski definition) is 7. The van der Waals surface area contributed by atoms with Crippen LogP contribution in [0.4, 0.5) is 11.6 Å². The third-order valence-corrected chi connectivity index (χ3v) is 6.51. The molecule has 170 valence electrons. The molecular weight excluding hydrogens is 428 g/mol. The third kappa shape index (κ3) is 3.68. The molecule has 0 bridgehead atoms. The number of aromatic nitrogens is 6. The number of fused-ring (bicyclic) bond motifs is 2. The lowest BCUT2D eigenvalue weighted by molar-refractivity contribution is 0.102. The minimum atomic E-state index is -0.290. The maximum Gasteiger partial charge on any atom is 0.275 e. The summed E-state index contributed by atoms with van der Waals surface area (Å²) in [5.41, 5.74) is 3.31. The monoisotopic (exact) mass is 452 g/mol. The molecule has 1 N–H and O–H groups in total. The van der Waals surface area contributed by atoms with Crippen LogP contribution in [-0.2, 0) is 19.4 Å². The molecule has 9 nitrogen and oxygen atoms in total. The second-order valence-corrected chi connectivity index (χ2v) is 8.76. The Kier molecular flexibility index (Phi) is 5.01. The molecule has 1 atom stereocenters. The molecule has 4 aromatic rings. The van der Waals surface area contributed by atoms with Gasteiger partial charge in [-0.1, -0.05) is 12.1 Å². The van der Waals surface area contributed by atoms with Gasteiger partial charge in [0.05, 0.1) is 0 Å². The van der Waals surface area contributed by atoms with Gasteiger partial charge in [-0.15, -0.1) is 10.2 Å². The number of pyridine rings is 3. The molecule has 0 saturated carbocycles. The van der Waals surface area contributed by atoms with E-state index in [4.69, 9.17) is 0 Å². The van der Waals surface area contributed by atoms with Crippen LogP contribution in [0.2, 0.25) is 0 Å². The van der Waals surface area contributed by atoms with Crippen molar-refractivity contribution in [3.05, 3.63) is 77.5 Å². The molecule has 0 saturated heterocycles. The molecular formula is C25H24N8O. The summed E-state index contributed by atoms with van der Waals surface area (Å²) < 4.78 is 2.13. The second kappa shape index (κ2) is 8.33. The van der Waals surface area contributed by atoms with Gasteiger partial charge in [-0.3, -0.25) is 9.78 Å². The Morgan fingerprint density at radius 3 is 2.88 bits per heavy atom. The zero-order valence-electron chi connectivity index (χ0n) is 18.8. The summed E-state index contributed by atoms with van der Waals surface area (Å²) in [6, 6.07) is 13.6. The molecule has 0 aromatic carbocycles. The van der Waals surface area contributed by atoms with Crippen LogP contribution in [0.5, 0.6) is 0 Å². The lowest BCUT2D eigenvalue weighted by atomic mass is 10.0. The summed E-state index contributed by atoms with van der Waals surface area (Å²) >= 11 is 0. The standard InChI is InChI=1S/C25H24N8O/c1-16-8-9-23-30-31-24(33(16)23)19-5-4-6-21(28-19)29-25(34)20-13-18-15-32(12-10-17(18)14-27-20)22-7-2-3-11-26-22/h2-7,11,13-14,16H,8-10,12,15H2,1H3,(H,28,29,34)/t16-/m0/s1. The number of nitrogens with one attached hydrogen (secondary N) is 1. The fourth-order valence-corrected chi connectivity index (χ4v) is 4.71. The Morgan fingerprint density at radius 1 is 1.06 bits per heavy atom. The van der Waals surface area contributed by atoms with Gasteiger partial charge >= 0.3 is 0 Å². The predicted molar refractivity (Wildman–Crippen MR) is 127 cm³/mol. The fourth-order valence-electron chi connectivity index (χ4n) is 4.71. The van der Waals surface area contributed by atoms with Crippen LogP contribution in [0.3, 0.4) is 0 Å². The fraction of sp³-hybridized carbons (Fsp3) is 0.280. The van der Waals surface area contributed by atoms with Gasteiger partial charge < -0.3 is 14.8 Å². The summed E-state index contributed by atoms with van der Waals surface area (Å²) in [7, 11) is 0. The van der Waals surface area contributed by atoms with E-state index < -0.39 is 0 Å². The largest absolute Gasteiger partial charge is 0.352 e. The van der Waals surface area contributed by atoms with Gasteiger partial charge in [0.25, 0.3) is 5.91 Å². The van der Waals surface area contributed by atoms with Crippen molar-refractivity contribution >= 4 is 17.5 Å². The first-order valence-electron chi connectivity index (χ1n) is 11.5. The topological polar surface area (TPSA) is 102 Å². The molecule has 1 amide bonds. The van der Waals surface area contributed by atoms with Crippen molar-refractivity contribution in [1.82, 2.24) is 29.7 Å². The molecule has 0 spiro atoms. The van der Waals surface area contributed by atoms with Gasteiger partial charge in [0.1, 0.15) is 28.8 Å². The molecule has 6 heterocycles. The predicted octanol–water partition coefficient (Wildman–Crippen LogP) is 3.45. The van der Waals surface area contributed by atoms with Crippen molar-refractivity contribution in [2.24, 2.45) is 0 Å². The van der Waals surface area contributed by atoms with Crippen LogP contribution in [0, 0.1) is 0 Å². The van der Waals surface area contributed by atoms with Crippen molar-refractivity contribution in [2.75, 3.05) is 16.8 Å². The highest BCUT2D eigenvalue weighted by Gasteiger charge is 2.25. The number of aryl methyl sites for hydroxylation is 1. The average molecular weight is 453 g/mol. The number of hydrogen-bond donors (Lipinski definition) is 1. The molecule has 0 fully saturated rings. The van der Waals surface area contributed by atoms with E-state index in [1.165, 1.54) is 5.56 Å². The van der Waals surface area contributed by atoms with Crippen molar-refractivity contribution in [2.45, 2.75) is 38.8 Å². The van der Waals surface area contributed by atoms with E-state index >= 15 is 0 Å². The molecule has 9 heteroatoms. The average Bonchev–Trinajstić information content (AvgIpc) is 3.47. The van der Waals surface area contributed by atoms with Crippen LogP contribution in [0.15, 0.2) is 54.9 Å². The van der Waals surface area contributed by atoms with Gasteiger partial charge in [0.2, 0.25) is 0 Å². The normalized spacial score (nSPS) is 16.7. The summed E-state index contributed by atoms with van der Waals surface area (Å²) in [5.74, 6) is 2.82. The summed E-state index contributed by atoms with van der Waals surface area (Å²) in [4.78, 5) is 28.7. The summed E-state index contributed by atoms with van der Waals surface area (Å²) in [6.45, 7) is 3.73. The number of rotatable bonds is 4. The number of carbonyl (C=O) groups is 1. The Balaban J connectivity index is 1.22. The van der Waals surface area contributed by atoms with Gasteiger partial charge in [-0.25, -0.2) is 9.97 Å². The van der Waals surface area contributed by atoms with Crippen LogP contribution < -0.4 is 10.2 Å². The summed E-state index contributed by atoms with van der Waals surface area (Å²) in [5, 5.41) is 11.5. The first-order valence-corrected chi connectivity index (χ1v) is 11.5. The van der Waals surface area contributed by atoms with E-state index in [0.29, 0.717) is 29.8 Å². The molecule has 2 aliphatic rings. The number of anilines is 2. The Morgan fingerprint density at radius 2 is 2.00 bits per heavy atom. The molecule has 0 aliphatic carbocycles. The number of nitrogens with zero attached hydrogens (tertiary/aromatic N) is 7. The number of amides is 1. The molecule has 2 aliphatic heterocycles. The van der Waals surface area contributed by atoms with Crippen molar-refractivity contribution < 1.29 is 4.79 Å². The van der Waals surface area contributed by atoms with Gasteiger partial charge in [-0.2, -0.15) is 0 Å². The highest BCUT2D eigenvalue weighted by atomic mass is 16.1. The SMILES string of the molecule is C[C@H]1CCc2nnc(-c3cccc(NC(=O)c4cc5c(cn4)CCN(c4ccccn4)C5)n3)n21. The quantitative estimate of drug-likeness (QED) is 0.506. The zero-order chi connectivity index (χ0) is 23.1. The van der Waals surface area contributed by atoms with Crippen LogP contribution in [0.25, 0.3) is 11.5 Å². The highest BCUT2D eigenvalue weighted by Crippen LogP contribution is 2.30. The highest BCUT2D eigenvalue weighted by molar-refractivity contribution is 6.02. The van der Waals surface area contributed by atoms with E-state index in [1.807, 2.05) is 42.6 Å². The van der Waals surface area contributed by atoms with Crippen LogP contribution in [0.1, 0.15) is 46.8 Å². The van der Waals surface area contributed by atoms with Gasteiger partial charge in [0.15, 0.2) is 5.82 Å². The molecule has 34 heavy (non-hydrogen) atoms. The minimum absolute atomic E-state index is 0.290. The minimum Gasteiger partial charge on any atom is -0.352 e. The Labute approximate surface area is 196 Å². The van der Waals surface area contributed by atoms with E-state index in [1.54, 1.807) is 12.3 Å². The van der Waals surface area contributed by atoms with Crippen molar-refractivity contribution in [1.29, 1.82) is 0 Å². The van der Waals surface area contributed by atoms with E-state index in [0.717, 1.165) is 48.8 Å². The molecule has 6 rings (SSSR count). The maximum atomic E-state index is 13.0. The first kappa shape index (κ1) is 20.5. The second-order valence-electron chi connectivity index (χ2n) is 8.76. The third-order valence-electron chi connectivity index (χ3n) is 6.51. The van der Waals surface area contributed by atoms with Gasteiger partial charge in [0, 0.05) is 37.9 Å². The Bertz CT molecular complexity index is 1370. The molecule has 4 aromatic heterocycles. The van der Waals surface area contributed by atoms with Crippen LogP contribution >= 0.6 is 0 Å². The number of carbonyl (C=O) groups excluding carboxylic acids is 1. The summed E-state index contributed by atoms with van der Waals surface area (Å²) in [6.07, 6.45) is 6.45. The van der Waals surface area contributed by atoms with E-state index in [-0.39, 0.29) is 5.91 Å². The van der Waals surface area contributed by atoms with Gasteiger partial charge in [-0.05, 0) is 61.2 Å². The molecule has 0 unspecified atom stereocenters. The van der Waals surface area contributed by atoms with Crippen LogP contribution in [-0.4, -0.2) is 42.2 Å². The maximum absolute atomic E-state index is 13.0. The van der Waals surface area contributed by atoms with E-state index in [2.05, 4.69) is 46.9 Å². The molecule has 0 radical (unpaired) electrons. The smallest absolute Gasteiger partial charge is 0.275 e. The van der Waals surface area contributed by atoms with E-state index in [9.17, 15) is 4.79 Å².